The van der Waals surface area contributed by atoms with Gasteiger partial charge < -0.3 is 14.7 Å². The maximum atomic E-state index is 12.1. The van der Waals surface area contributed by atoms with E-state index in [1.807, 2.05) is 48.5 Å². The van der Waals surface area contributed by atoms with Gasteiger partial charge in [-0.05, 0) is 38.7 Å². The molecule has 1 aliphatic heterocycles. The van der Waals surface area contributed by atoms with Crippen molar-refractivity contribution >= 4 is 29.6 Å². The number of rotatable bonds is 3. The van der Waals surface area contributed by atoms with Gasteiger partial charge in [-0.1, -0.05) is 54.6 Å². The van der Waals surface area contributed by atoms with Crippen LogP contribution in [0.4, 0.5) is 0 Å². The first kappa shape index (κ1) is 15.5. The number of fused-ring (bicyclic) bond motifs is 1. The first-order chi connectivity index (χ1) is 10.5. The average Bonchev–Trinajstić information content (AvgIpc) is 2.47. The Hall–Kier alpha value is -1.39. The highest BCUT2D eigenvalue weighted by molar-refractivity contribution is 9.11. The van der Waals surface area contributed by atoms with Crippen molar-refractivity contribution in [3.63, 3.8) is 0 Å². The molecule has 2 aromatic carbocycles. The van der Waals surface area contributed by atoms with Crippen LogP contribution < -0.4 is 0 Å². The van der Waals surface area contributed by atoms with E-state index in [2.05, 4.69) is 15.9 Å². The van der Waals surface area contributed by atoms with Crippen LogP contribution in [0.25, 0.3) is 6.08 Å². The average molecular weight is 380 g/mol. The Morgan fingerprint density at radius 3 is 2.36 bits per heavy atom. The molecule has 1 atom stereocenters. The third-order valence-corrected chi connectivity index (χ3v) is 5.51. The molecule has 0 saturated carbocycles. The van der Waals surface area contributed by atoms with E-state index in [-0.39, 0.29) is 0 Å². The topological polar surface area (TPSA) is 60.8 Å². The lowest BCUT2D eigenvalue weighted by Crippen LogP contribution is -2.29. The van der Waals surface area contributed by atoms with Crippen LogP contribution in [0.1, 0.15) is 22.5 Å². The maximum absolute atomic E-state index is 12.1. The molecule has 1 unspecified atom stereocenters. The minimum atomic E-state index is -4.35. The third kappa shape index (κ3) is 3.03. The second kappa shape index (κ2) is 6.01. The second-order valence-electron chi connectivity index (χ2n) is 5.17. The first-order valence-electron chi connectivity index (χ1n) is 6.79. The summed E-state index contributed by atoms with van der Waals surface area (Å²) in [5.41, 5.74) is 2.47. The molecular formula is C16H15BrNO3P. The standard InChI is InChI=1S/C16H15BrNO3P/c17-15-10-13-8-4-5-9-14(13)16(22(19,20)21)18(15)11-12-6-2-1-3-7-12/h1-10,16H,11H2,(H2,19,20,21). The molecule has 6 heteroatoms. The van der Waals surface area contributed by atoms with E-state index in [0.717, 1.165) is 11.1 Å². The molecule has 2 aromatic rings. The SMILES string of the molecule is O=P(O)(O)C1c2ccccc2C=C(Br)N1Cc1ccccc1. The summed E-state index contributed by atoms with van der Waals surface area (Å²) >= 11 is 3.46. The lowest BCUT2D eigenvalue weighted by molar-refractivity contribution is 0.265. The molecule has 0 fully saturated rings. The van der Waals surface area contributed by atoms with Crippen molar-refractivity contribution in [1.29, 1.82) is 0 Å². The van der Waals surface area contributed by atoms with E-state index in [0.29, 0.717) is 16.7 Å². The van der Waals surface area contributed by atoms with Gasteiger partial charge in [0.2, 0.25) is 0 Å². The molecule has 22 heavy (non-hydrogen) atoms. The quantitative estimate of drug-likeness (QED) is 0.623. The summed E-state index contributed by atoms with van der Waals surface area (Å²) in [6, 6.07) is 16.9. The van der Waals surface area contributed by atoms with Crippen LogP contribution >= 0.6 is 23.5 Å². The Kier molecular flexibility index (Phi) is 4.24. The Bertz CT molecular complexity index is 757. The molecule has 2 N–H and O–H groups in total. The van der Waals surface area contributed by atoms with Crippen LogP contribution in [0.5, 0.6) is 0 Å². The van der Waals surface area contributed by atoms with Gasteiger partial charge >= 0.3 is 7.60 Å². The predicted molar refractivity (Wildman–Crippen MR) is 90.1 cm³/mol. The van der Waals surface area contributed by atoms with Crippen molar-refractivity contribution in [3.8, 4) is 0 Å². The molecule has 0 bridgehead atoms. The molecule has 3 rings (SSSR count). The zero-order valence-electron chi connectivity index (χ0n) is 11.6. The highest BCUT2D eigenvalue weighted by Gasteiger charge is 2.39. The van der Waals surface area contributed by atoms with E-state index in [9.17, 15) is 14.4 Å². The summed E-state index contributed by atoms with van der Waals surface area (Å²) in [5, 5.41) is 0. The molecule has 0 aromatic heterocycles. The molecule has 4 nitrogen and oxygen atoms in total. The minimum absolute atomic E-state index is 0.419. The Morgan fingerprint density at radius 2 is 1.68 bits per heavy atom. The van der Waals surface area contributed by atoms with Crippen LogP contribution in [0.15, 0.2) is 59.2 Å². The summed E-state index contributed by atoms with van der Waals surface area (Å²) in [4.78, 5) is 21.5. The van der Waals surface area contributed by atoms with Crippen LogP contribution in [-0.2, 0) is 11.1 Å². The smallest absolute Gasteiger partial charge is 0.344 e. The molecule has 0 spiro atoms. The van der Waals surface area contributed by atoms with Crippen LogP contribution in [0.2, 0.25) is 0 Å². The molecule has 114 valence electrons. The molecule has 0 radical (unpaired) electrons. The van der Waals surface area contributed by atoms with Crippen LogP contribution in [0, 0.1) is 0 Å². The fourth-order valence-electron chi connectivity index (χ4n) is 2.68. The summed E-state index contributed by atoms with van der Waals surface area (Å²) < 4.78 is 12.8. The van der Waals surface area contributed by atoms with Gasteiger partial charge in [0.15, 0.2) is 5.78 Å². The Morgan fingerprint density at radius 1 is 1.05 bits per heavy atom. The summed E-state index contributed by atoms with van der Waals surface area (Å²) in [6.07, 6.45) is 1.89. The lowest BCUT2D eigenvalue weighted by atomic mass is 10.0. The van der Waals surface area contributed by atoms with Gasteiger partial charge in [0.05, 0.1) is 4.61 Å². The van der Waals surface area contributed by atoms with E-state index in [1.165, 1.54) is 0 Å². The summed E-state index contributed by atoms with van der Waals surface area (Å²) in [5.74, 6) is -0.983. The second-order valence-corrected chi connectivity index (χ2v) is 7.65. The number of benzene rings is 2. The van der Waals surface area contributed by atoms with Crippen molar-refractivity contribution in [2.45, 2.75) is 12.3 Å². The van der Waals surface area contributed by atoms with Gasteiger partial charge in [-0.2, -0.15) is 0 Å². The highest BCUT2D eigenvalue weighted by atomic mass is 79.9. The van der Waals surface area contributed by atoms with Gasteiger partial charge in [-0.15, -0.1) is 0 Å². The molecule has 0 aliphatic carbocycles. The largest absolute Gasteiger partial charge is 0.352 e. The van der Waals surface area contributed by atoms with Gasteiger partial charge in [0.25, 0.3) is 0 Å². The molecule has 1 heterocycles. The Balaban J connectivity index is 2.07. The molecular weight excluding hydrogens is 365 g/mol. The molecule has 1 aliphatic rings. The lowest BCUT2D eigenvalue weighted by Gasteiger charge is -2.37. The van der Waals surface area contributed by atoms with Crippen molar-refractivity contribution in [2.24, 2.45) is 0 Å². The fourth-order valence-corrected chi connectivity index (χ4v) is 4.58. The van der Waals surface area contributed by atoms with Gasteiger partial charge in [0.1, 0.15) is 0 Å². The zero-order chi connectivity index (χ0) is 15.7. The van der Waals surface area contributed by atoms with Gasteiger partial charge in [-0.25, -0.2) is 0 Å². The summed E-state index contributed by atoms with van der Waals surface area (Å²) in [6.45, 7) is 0.419. The van der Waals surface area contributed by atoms with E-state index in [4.69, 9.17) is 0 Å². The summed E-state index contributed by atoms with van der Waals surface area (Å²) in [7, 11) is -4.35. The first-order valence-corrected chi connectivity index (χ1v) is 9.26. The monoisotopic (exact) mass is 379 g/mol. The van der Waals surface area contributed by atoms with E-state index in [1.54, 1.807) is 17.0 Å². The number of nitrogens with zero attached hydrogens (tertiary/aromatic N) is 1. The Labute approximate surface area is 137 Å². The molecule has 0 amide bonds. The number of hydrogen-bond donors (Lipinski definition) is 2. The van der Waals surface area contributed by atoms with Crippen molar-refractivity contribution < 1.29 is 14.4 Å². The minimum Gasteiger partial charge on any atom is -0.344 e. The fraction of sp³-hybridized carbons (Fsp3) is 0.125. The predicted octanol–water partition coefficient (Wildman–Crippen LogP) is 4.07. The van der Waals surface area contributed by atoms with E-state index >= 15 is 0 Å². The van der Waals surface area contributed by atoms with Gasteiger partial charge in [-0.3, -0.25) is 4.57 Å². The van der Waals surface area contributed by atoms with Crippen molar-refractivity contribution in [1.82, 2.24) is 4.90 Å². The van der Waals surface area contributed by atoms with E-state index < -0.39 is 13.4 Å². The maximum Gasteiger partial charge on any atom is 0.352 e. The number of hydrogen-bond acceptors (Lipinski definition) is 2. The number of halogens is 1. The van der Waals surface area contributed by atoms with Crippen molar-refractivity contribution in [3.05, 3.63) is 75.9 Å². The van der Waals surface area contributed by atoms with Gasteiger partial charge in [0, 0.05) is 6.54 Å². The van der Waals surface area contributed by atoms with Crippen LogP contribution in [-0.4, -0.2) is 14.7 Å². The van der Waals surface area contributed by atoms with Crippen molar-refractivity contribution in [2.75, 3.05) is 0 Å². The zero-order valence-corrected chi connectivity index (χ0v) is 14.1. The molecule has 0 saturated heterocycles. The highest BCUT2D eigenvalue weighted by Crippen LogP contribution is 2.58. The third-order valence-electron chi connectivity index (χ3n) is 3.63. The normalized spacial score (nSPS) is 17.9. The van der Waals surface area contributed by atoms with Crippen LogP contribution in [0.3, 0.4) is 0 Å².